The number of ether oxygens (including phenoxy) is 1. The highest BCUT2D eigenvalue weighted by atomic mass is 16.5. The summed E-state index contributed by atoms with van der Waals surface area (Å²) in [7, 11) is 0. The third-order valence-electron chi connectivity index (χ3n) is 4.64. The first kappa shape index (κ1) is 12.8. The number of nitrogens with one attached hydrogen (secondary N) is 2. The molecule has 4 rings (SSSR count). The van der Waals surface area contributed by atoms with E-state index in [0.717, 1.165) is 32.5 Å². The monoisotopic (exact) mass is 289 g/mol. The lowest BCUT2D eigenvalue weighted by Crippen LogP contribution is -2.39. The molecule has 1 atom stereocenters. The summed E-state index contributed by atoms with van der Waals surface area (Å²) in [5.74, 6) is 1.29. The number of piperidine rings is 1. The van der Waals surface area contributed by atoms with E-state index in [2.05, 4.69) is 25.1 Å². The molecule has 0 amide bonds. The Morgan fingerprint density at radius 3 is 2.90 bits per heavy atom. The predicted molar refractivity (Wildman–Crippen MR) is 78.4 cm³/mol. The molecule has 2 saturated heterocycles. The summed E-state index contributed by atoms with van der Waals surface area (Å²) in [5, 5.41) is 7.14. The average molecular weight is 289 g/mol. The number of nitrogens with zero attached hydrogens (tertiary/aromatic N) is 3. The fourth-order valence-corrected chi connectivity index (χ4v) is 3.44. The minimum absolute atomic E-state index is 0.134. The Bertz CT molecular complexity index is 680. The third kappa shape index (κ3) is 2.31. The molecule has 0 aliphatic carbocycles. The molecular weight excluding hydrogens is 270 g/mol. The number of rotatable bonds is 2. The van der Waals surface area contributed by atoms with Crippen molar-refractivity contribution in [3.63, 3.8) is 0 Å². The van der Waals surface area contributed by atoms with E-state index in [9.17, 15) is 4.79 Å². The first-order valence-corrected chi connectivity index (χ1v) is 7.61. The van der Waals surface area contributed by atoms with Crippen molar-refractivity contribution >= 4 is 17.0 Å². The van der Waals surface area contributed by atoms with Gasteiger partial charge in [0.1, 0.15) is 5.39 Å². The summed E-state index contributed by atoms with van der Waals surface area (Å²) >= 11 is 0. The van der Waals surface area contributed by atoms with Crippen molar-refractivity contribution in [1.29, 1.82) is 0 Å². The topological polar surface area (TPSA) is 86.9 Å². The van der Waals surface area contributed by atoms with Crippen molar-refractivity contribution in [3.8, 4) is 0 Å². The van der Waals surface area contributed by atoms with Gasteiger partial charge in [-0.25, -0.2) is 0 Å². The lowest BCUT2D eigenvalue weighted by Gasteiger charge is -2.34. The lowest BCUT2D eigenvalue weighted by molar-refractivity contribution is 0.0530. The van der Waals surface area contributed by atoms with E-state index in [4.69, 9.17) is 4.74 Å². The van der Waals surface area contributed by atoms with Crippen LogP contribution in [0.4, 0.5) is 5.95 Å². The zero-order valence-corrected chi connectivity index (χ0v) is 11.8. The number of fused-ring (bicyclic) bond motifs is 1. The molecule has 7 heteroatoms. The highest BCUT2D eigenvalue weighted by Crippen LogP contribution is 2.29. The maximum Gasteiger partial charge on any atom is 0.263 e. The number of aromatic nitrogens is 4. The van der Waals surface area contributed by atoms with Crippen LogP contribution in [0.25, 0.3) is 11.0 Å². The maximum atomic E-state index is 12.0. The molecule has 2 aromatic heterocycles. The number of H-pyrrole nitrogens is 2. The van der Waals surface area contributed by atoms with Crippen LogP contribution in [0.1, 0.15) is 25.7 Å². The number of aromatic amines is 2. The van der Waals surface area contributed by atoms with Crippen molar-refractivity contribution in [3.05, 3.63) is 16.6 Å². The smallest absolute Gasteiger partial charge is 0.263 e. The molecule has 0 aromatic carbocycles. The van der Waals surface area contributed by atoms with Gasteiger partial charge in [0.05, 0.1) is 12.3 Å². The summed E-state index contributed by atoms with van der Waals surface area (Å²) in [4.78, 5) is 21.4. The fourth-order valence-electron chi connectivity index (χ4n) is 3.44. The van der Waals surface area contributed by atoms with E-state index in [-0.39, 0.29) is 5.56 Å². The molecule has 2 N–H and O–H groups in total. The first-order chi connectivity index (χ1) is 10.3. The minimum Gasteiger partial charge on any atom is -0.378 e. The largest absolute Gasteiger partial charge is 0.378 e. The molecule has 1 unspecified atom stereocenters. The fraction of sp³-hybridized carbons (Fsp3) is 0.643. The van der Waals surface area contributed by atoms with Crippen LogP contribution in [-0.4, -0.2) is 46.0 Å². The van der Waals surface area contributed by atoms with Crippen LogP contribution in [0.15, 0.2) is 11.0 Å². The van der Waals surface area contributed by atoms with E-state index in [1.165, 1.54) is 19.0 Å². The predicted octanol–water partition coefficient (Wildman–Crippen LogP) is 1.04. The molecule has 7 nitrogen and oxygen atoms in total. The van der Waals surface area contributed by atoms with Crippen LogP contribution in [0.2, 0.25) is 0 Å². The van der Waals surface area contributed by atoms with E-state index in [1.807, 2.05) is 0 Å². The van der Waals surface area contributed by atoms with Gasteiger partial charge in [-0.15, -0.1) is 0 Å². The van der Waals surface area contributed by atoms with Crippen molar-refractivity contribution in [1.82, 2.24) is 20.2 Å². The van der Waals surface area contributed by atoms with E-state index in [1.54, 1.807) is 0 Å². The Hall–Kier alpha value is -1.89. The van der Waals surface area contributed by atoms with Gasteiger partial charge in [-0.05, 0) is 31.6 Å². The van der Waals surface area contributed by atoms with Crippen LogP contribution >= 0.6 is 0 Å². The normalized spacial score (nSPS) is 24.0. The van der Waals surface area contributed by atoms with Crippen LogP contribution < -0.4 is 10.5 Å². The SMILES string of the molecule is O=c1[nH]c(N2CCC(C3CCCO3)CC2)nc2[nH]ncc12. The zero-order valence-electron chi connectivity index (χ0n) is 11.8. The Balaban J connectivity index is 1.50. The van der Waals surface area contributed by atoms with E-state index < -0.39 is 0 Å². The maximum absolute atomic E-state index is 12.0. The summed E-state index contributed by atoms with van der Waals surface area (Å²) in [5.41, 5.74) is 0.417. The quantitative estimate of drug-likeness (QED) is 0.862. The minimum atomic E-state index is -0.134. The number of hydrogen-bond donors (Lipinski definition) is 2. The van der Waals surface area contributed by atoms with Gasteiger partial charge < -0.3 is 9.64 Å². The van der Waals surface area contributed by atoms with E-state index >= 15 is 0 Å². The Kier molecular flexibility index (Phi) is 3.14. The molecule has 0 spiro atoms. The average Bonchev–Trinajstić information content (AvgIpc) is 3.19. The molecular formula is C14H19N5O2. The summed E-state index contributed by atoms with van der Waals surface area (Å²) < 4.78 is 5.79. The first-order valence-electron chi connectivity index (χ1n) is 7.61. The second kappa shape index (κ2) is 5.14. The van der Waals surface area contributed by atoms with Crippen molar-refractivity contribution in [2.75, 3.05) is 24.6 Å². The molecule has 21 heavy (non-hydrogen) atoms. The molecule has 0 bridgehead atoms. The van der Waals surface area contributed by atoms with Crippen molar-refractivity contribution in [2.45, 2.75) is 31.8 Å². The lowest BCUT2D eigenvalue weighted by atomic mass is 9.90. The zero-order chi connectivity index (χ0) is 14.2. The third-order valence-corrected chi connectivity index (χ3v) is 4.64. The van der Waals surface area contributed by atoms with Gasteiger partial charge in [-0.3, -0.25) is 14.9 Å². The molecule has 4 heterocycles. The Morgan fingerprint density at radius 1 is 1.29 bits per heavy atom. The summed E-state index contributed by atoms with van der Waals surface area (Å²) in [6.07, 6.45) is 6.52. The van der Waals surface area contributed by atoms with Gasteiger partial charge in [0.15, 0.2) is 5.65 Å². The second-order valence-corrected chi connectivity index (χ2v) is 5.90. The Morgan fingerprint density at radius 2 is 2.14 bits per heavy atom. The van der Waals surface area contributed by atoms with Crippen molar-refractivity contribution < 1.29 is 4.74 Å². The molecule has 0 radical (unpaired) electrons. The highest BCUT2D eigenvalue weighted by molar-refractivity contribution is 5.73. The Labute approximate surface area is 121 Å². The van der Waals surface area contributed by atoms with Gasteiger partial charge in [0.25, 0.3) is 5.56 Å². The van der Waals surface area contributed by atoms with Gasteiger partial charge in [0, 0.05) is 19.7 Å². The number of anilines is 1. The molecule has 2 aliphatic heterocycles. The van der Waals surface area contributed by atoms with Crippen molar-refractivity contribution in [2.24, 2.45) is 5.92 Å². The molecule has 2 aromatic rings. The van der Waals surface area contributed by atoms with Gasteiger partial charge in [0.2, 0.25) is 5.95 Å². The van der Waals surface area contributed by atoms with E-state index in [0.29, 0.717) is 29.0 Å². The standard InChI is InChI=1S/C14H19N5O2/c20-13-10-8-15-18-12(10)16-14(17-13)19-5-3-9(4-6-19)11-2-1-7-21-11/h8-9,11H,1-7H2,(H2,15,16,17,18,20). The molecule has 2 fully saturated rings. The van der Waals surface area contributed by atoms with Gasteiger partial charge in [-0.2, -0.15) is 10.1 Å². The summed E-state index contributed by atoms with van der Waals surface area (Å²) in [6, 6.07) is 0. The van der Waals surface area contributed by atoms with Gasteiger partial charge in [-0.1, -0.05) is 0 Å². The second-order valence-electron chi connectivity index (χ2n) is 5.90. The van der Waals surface area contributed by atoms with Crippen LogP contribution in [0.5, 0.6) is 0 Å². The summed E-state index contributed by atoms with van der Waals surface area (Å²) in [6.45, 7) is 2.73. The molecule has 112 valence electrons. The molecule has 2 aliphatic rings. The highest BCUT2D eigenvalue weighted by Gasteiger charge is 2.30. The van der Waals surface area contributed by atoms with Crippen LogP contribution in [0.3, 0.4) is 0 Å². The van der Waals surface area contributed by atoms with Crippen LogP contribution in [0, 0.1) is 5.92 Å². The molecule has 0 saturated carbocycles. The van der Waals surface area contributed by atoms with Crippen LogP contribution in [-0.2, 0) is 4.74 Å². The number of hydrogen-bond acceptors (Lipinski definition) is 5. The van der Waals surface area contributed by atoms with Gasteiger partial charge >= 0.3 is 0 Å².